The molecule has 1 fully saturated rings. The molecule has 10 heteroatoms. The Hall–Kier alpha value is -1.95. The van der Waals surface area contributed by atoms with Crippen molar-refractivity contribution >= 4 is 18.0 Å². The van der Waals surface area contributed by atoms with Crippen LogP contribution in [0.25, 0.3) is 0 Å². The van der Waals surface area contributed by atoms with Crippen LogP contribution >= 0.6 is 0 Å². The Kier molecular flexibility index (Phi) is 14.3. The quantitative estimate of drug-likeness (QED) is 0.303. The minimum absolute atomic E-state index is 0.0536. The minimum Gasteiger partial charge on any atom is -0.462 e. The Morgan fingerprint density at radius 2 is 1.80 bits per heavy atom. The lowest BCUT2D eigenvalue weighted by Crippen LogP contribution is -2.56. The number of ether oxygens (including phenoxy) is 3. The molecule has 0 amide bonds. The van der Waals surface area contributed by atoms with E-state index < -0.39 is 60.3 Å². The molecule has 3 N–H and O–H groups in total. The van der Waals surface area contributed by atoms with Gasteiger partial charge < -0.3 is 39.2 Å². The Morgan fingerprint density at radius 3 is 2.39 bits per heavy atom. The van der Waals surface area contributed by atoms with Gasteiger partial charge in [-0.3, -0.25) is 9.59 Å². The topological polar surface area (TPSA) is 143 Å². The zero-order valence-electron chi connectivity index (χ0n) is 25.6. The van der Waals surface area contributed by atoms with Crippen LogP contribution < -0.4 is 0 Å². The van der Waals surface area contributed by atoms with E-state index in [0.717, 1.165) is 11.9 Å². The molecule has 2 rings (SSSR count). The first-order valence-corrected chi connectivity index (χ1v) is 14.8. The van der Waals surface area contributed by atoms with Crippen LogP contribution in [0.4, 0.5) is 0 Å². The second-order valence-corrected chi connectivity index (χ2v) is 12.0. The number of hydrogen-bond acceptors (Lipinski definition) is 10. The number of carbonyl (C=O) groups is 3. The summed E-state index contributed by atoms with van der Waals surface area (Å²) in [6.07, 6.45) is 1.85. The Labute approximate surface area is 244 Å². The zero-order chi connectivity index (χ0) is 30.9. The van der Waals surface area contributed by atoms with E-state index in [1.165, 1.54) is 6.08 Å². The van der Waals surface area contributed by atoms with E-state index in [1.54, 1.807) is 32.9 Å². The highest BCUT2D eigenvalue weighted by molar-refractivity contribution is 5.91. The van der Waals surface area contributed by atoms with Crippen LogP contribution in [0.15, 0.2) is 23.8 Å². The van der Waals surface area contributed by atoms with Gasteiger partial charge >= 0.3 is 5.97 Å². The third-order valence-electron chi connectivity index (χ3n) is 8.44. The monoisotopic (exact) mass is 581 g/mol. The van der Waals surface area contributed by atoms with E-state index in [-0.39, 0.29) is 43.8 Å². The molecule has 0 aromatic heterocycles. The largest absolute Gasteiger partial charge is 0.462 e. The van der Waals surface area contributed by atoms with Gasteiger partial charge in [0.1, 0.15) is 18.5 Å². The number of allylic oxidation sites excluding steroid dienone is 3. The first-order valence-electron chi connectivity index (χ1n) is 14.8. The molecule has 0 aromatic rings. The van der Waals surface area contributed by atoms with E-state index in [0.29, 0.717) is 12.8 Å². The highest BCUT2D eigenvalue weighted by Crippen LogP contribution is 2.34. The SMILES string of the molecule is CC[C@H]1OC(=O)C[C@H](O)[C@H](C)[C@@H](O[C@@H]2O[C@H](C)C[C@H](N(C)C)[C@H]2O)[C@@H](CC=O)C[C@@H](C)C(=O)/C=C/C(C)=C/[C@@H]1CO. The number of aliphatic hydroxyl groups excluding tert-OH is 3. The summed E-state index contributed by atoms with van der Waals surface area (Å²) in [6.45, 7) is 8.78. The van der Waals surface area contributed by atoms with Crippen LogP contribution in [0.3, 0.4) is 0 Å². The number of nitrogens with zero attached hydrogens (tertiary/aromatic N) is 1. The van der Waals surface area contributed by atoms with Crippen LogP contribution in [0.5, 0.6) is 0 Å². The van der Waals surface area contributed by atoms with Gasteiger partial charge in [0.15, 0.2) is 12.1 Å². The summed E-state index contributed by atoms with van der Waals surface area (Å²) < 4.78 is 18.1. The van der Waals surface area contributed by atoms with E-state index in [4.69, 9.17) is 14.2 Å². The van der Waals surface area contributed by atoms with Crippen molar-refractivity contribution in [3.63, 3.8) is 0 Å². The molecule has 2 heterocycles. The van der Waals surface area contributed by atoms with E-state index >= 15 is 0 Å². The average Bonchev–Trinajstić information content (AvgIpc) is 2.92. The fourth-order valence-corrected chi connectivity index (χ4v) is 5.85. The zero-order valence-corrected chi connectivity index (χ0v) is 25.6. The number of aliphatic hydroxyl groups is 3. The molecular formula is C31H51NO9. The minimum atomic E-state index is -1.20. The number of ketones is 1. The molecule has 1 saturated heterocycles. The van der Waals surface area contributed by atoms with Gasteiger partial charge in [0, 0.05) is 30.2 Å². The summed E-state index contributed by atoms with van der Waals surface area (Å²) in [5, 5.41) is 32.3. The molecule has 0 radical (unpaired) electrons. The number of aldehydes is 1. The van der Waals surface area contributed by atoms with Crippen molar-refractivity contribution < 1.29 is 43.9 Å². The fourth-order valence-electron chi connectivity index (χ4n) is 5.85. The molecule has 2 aliphatic heterocycles. The van der Waals surface area contributed by atoms with Gasteiger partial charge in [-0.05, 0) is 59.2 Å². The van der Waals surface area contributed by atoms with E-state index in [9.17, 15) is 29.7 Å². The smallest absolute Gasteiger partial charge is 0.308 e. The van der Waals surface area contributed by atoms with Crippen LogP contribution in [-0.4, -0.2) is 102 Å². The maximum absolute atomic E-state index is 13.1. The highest BCUT2D eigenvalue weighted by atomic mass is 16.7. The van der Waals surface area contributed by atoms with Crippen molar-refractivity contribution in [1.29, 1.82) is 0 Å². The molecule has 0 saturated carbocycles. The second kappa shape index (κ2) is 16.6. The van der Waals surface area contributed by atoms with Gasteiger partial charge in [-0.1, -0.05) is 38.5 Å². The van der Waals surface area contributed by atoms with Crippen LogP contribution in [0.2, 0.25) is 0 Å². The lowest BCUT2D eigenvalue weighted by molar-refractivity contribution is -0.283. The Morgan fingerprint density at radius 1 is 1.12 bits per heavy atom. The normalized spacial score (nSPS) is 40.5. The number of likely N-dealkylation sites (N-methyl/N-ethyl adjacent to an activating group) is 1. The number of hydrogen-bond donors (Lipinski definition) is 3. The van der Waals surface area contributed by atoms with E-state index in [1.807, 2.05) is 32.8 Å². The highest BCUT2D eigenvalue weighted by Gasteiger charge is 2.43. The van der Waals surface area contributed by atoms with Crippen molar-refractivity contribution in [1.82, 2.24) is 4.90 Å². The third-order valence-corrected chi connectivity index (χ3v) is 8.44. The van der Waals surface area contributed by atoms with Crippen LogP contribution in [-0.2, 0) is 28.6 Å². The summed E-state index contributed by atoms with van der Waals surface area (Å²) in [5.74, 6) is -2.89. The van der Waals surface area contributed by atoms with Crippen molar-refractivity contribution in [3.05, 3.63) is 23.8 Å². The van der Waals surface area contributed by atoms with Crippen molar-refractivity contribution in [2.24, 2.45) is 23.7 Å². The lowest BCUT2D eigenvalue weighted by atomic mass is 9.79. The molecule has 41 heavy (non-hydrogen) atoms. The van der Waals surface area contributed by atoms with Gasteiger partial charge in [-0.15, -0.1) is 0 Å². The van der Waals surface area contributed by atoms with Gasteiger partial charge in [-0.2, -0.15) is 0 Å². The second-order valence-electron chi connectivity index (χ2n) is 12.0. The molecular weight excluding hydrogens is 530 g/mol. The third kappa shape index (κ3) is 10.1. The number of carbonyl (C=O) groups excluding carboxylic acids is 3. The summed E-state index contributed by atoms with van der Waals surface area (Å²) >= 11 is 0. The predicted octanol–water partition coefficient (Wildman–Crippen LogP) is 2.43. The summed E-state index contributed by atoms with van der Waals surface area (Å²) in [5.41, 5.74) is 0.735. The Bertz CT molecular complexity index is 919. The van der Waals surface area contributed by atoms with Crippen molar-refractivity contribution in [2.45, 2.75) is 110 Å². The molecule has 0 aliphatic carbocycles. The number of rotatable bonds is 7. The molecule has 2 aliphatic rings. The number of cyclic esters (lactones) is 1. The molecule has 0 aromatic carbocycles. The Balaban J connectivity index is 2.50. The van der Waals surface area contributed by atoms with E-state index in [2.05, 4.69) is 0 Å². The van der Waals surface area contributed by atoms with Crippen LogP contribution in [0, 0.1) is 23.7 Å². The first kappa shape index (κ1) is 35.2. The standard InChI is InChI=1S/C31H51NO9/c1-8-27-23(17-34)13-18(2)9-10-25(35)19(3)14-22(11-12-33)30(21(5)26(36)16-28(37)40-27)41-31-29(38)24(32(6)7)15-20(4)39-31/h9-10,12-13,19-24,26-27,29-31,34,36,38H,8,11,14-17H2,1-7H3/b10-9+,18-13+/t19-,20-,21+,22+,23-,24+,26+,27-,29-,30-,31+/m1/s1. The van der Waals surface area contributed by atoms with Crippen molar-refractivity contribution in [3.8, 4) is 0 Å². The lowest BCUT2D eigenvalue weighted by Gasteiger charge is -2.44. The van der Waals surface area contributed by atoms with Crippen molar-refractivity contribution in [2.75, 3.05) is 20.7 Å². The van der Waals surface area contributed by atoms with Gasteiger partial charge in [0.25, 0.3) is 0 Å². The molecule has 0 bridgehead atoms. The molecule has 11 atom stereocenters. The predicted molar refractivity (Wildman–Crippen MR) is 154 cm³/mol. The molecule has 234 valence electrons. The maximum atomic E-state index is 13.1. The summed E-state index contributed by atoms with van der Waals surface area (Å²) in [7, 11) is 3.73. The molecule has 0 unspecified atom stereocenters. The van der Waals surface area contributed by atoms with Crippen LogP contribution in [0.1, 0.15) is 66.7 Å². The fraction of sp³-hybridized carbons (Fsp3) is 0.774. The average molecular weight is 582 g/mol. The van der Waals surface area contributed by atoms with Gasteiger partial charge in [0.2, 0.25) is 0 Å². The number of esters is 1. The molecule has 10 nitrogen and oxygen atoms in total. The summed E-state index contributed by atoms with van der Waals surface area (Å²) in [6, 6.07) is -0.234. The van der Waals surface area contributed by atoms with Gasteiger partial charge in [0.05, 0.1) is 31.3 Å². The summed E-state index contributed by atoms with van der Waals surface area (Å²) in [4.78, 5) is 39.8. The molecule has 0 spiro atoms. The first-order chi connectivity index (χ1) is 19.3. The maximum Gasteiger partial charge on any atom is 0.308 e. The van der Waals surface area contributed by atoms with Gasteiger partial charge in [-0.25, -0.2) is 0 Å².